The second-order valence-electron chi connectivity index (χ2n) is 8.21. The van der Waals surface area contributed by atoms with Crippen LogP contribution < -0.4 is 9.47 Å². The number of rotatable bonds is 2. The molecule has 0 radical (unpaired) electrons. The molecule has 28 heavy (non-hydrogen) atoms. The van der Waals surface area contributed by atoms with Gasteiger partial charge in [-0.15, -0.1) is 0 Å². The summed E-state index contributed by atoms with van der Waals surface area (Å²) in [5.74, 6) is 2.60. The number of fused-ring (bicyclic) bond motifs is 1. The van der Waals surface area contributed by atoms with Crippen molar-refractivity contribution >= 4 is 6.09 Å². The van der Waals surface area contributed by atoms with Crippen LogP contribution in [0.25, 0.3) is 11.3 Å². The molecule has 150 valence electrons. The van der Waals surface area contributed by atoms with E-state index in [4.69, 9.17) is 18.7 Å². The van der Waals surface area contributed by atoms with Crippen molar-refractivity contribution in [1.82, 2.24) is 10.1 Å². The monoisotopic (exact) mass is 386 g/mol. The average molecular weight is 386 g/mol. The second-order valence-corrected chi connectivity index (χ2v) is 8.21. The summed E-state index contributed by atoms with van der Waals surface area (Å²) in [6.45, 7) is 8.07. The van der Waals surface area contributed by atoms with Gasteiger partial charge in [0.15, 0.2) is 11.5 Å². The minimum absolute atomic E-state index is 0.247. The number of carbonyl (C=O) groups excluding carboxylic acids is 1. The summed E-state index contributed by atoms with van der Waals surface area (Å²) in [5, 5.41) is 4.24. The van der Waals surface area contributed by atoms with Gasteiger partial charge in [-0.3, -0.25) is 0 Å². The molecule has 0 aliphatic carbocycles. The minimum atomic E-state index is -0.475. The van der Waals surface area contributed by atoms with Crippen LogP contribution in [0.3, 0.4) is 0 Å². The first-order chi connectivity index (χ1) is 13.4. The van der Waals surface area contributed by atoms with Gasteiger partial charge < -0.3 is 23.6 Å². The van der Waals surface area contributed by atoms with Crippen molar-refractivity contribution in [2.45, 2.75) is 45.1 Å². The van der Waals surface area contributed by atoms with E-state index in [1.54, 1.807) is 4.90 Å². The first-order valence-electron chi connectivity index (χ1n) is 9.73. The first-order valence-corrected chi connectivity index (χ1v) is 9.73. The Morgan fingerprint density at radius 3 is 2.54 bits per heavy atom. The molecule has 1 aromatic carbocycles. The fourth-order valence-corrected chi connectivity index (χ4v) is 3.49. The molecule has 0 spiro atoms. The quantitative estimate of drug-likeness (QED) is 0.769. The molecule has 0 unspecified atom stereocenters. The Hall–Kier alpha value is -2.70. The Labute approximate surface area is 164 Å². The van der Waals surface area contributed by atoms with Crippen molar-refractivity contribution < 1.29 is 23.5 Å². The van der Waals surface area contributed by atoms with Gasteiger partial charge in [-0.1, -0.05) is 5.16 Å². The number of hydrogen-bond acceptors (Lipinski definition) is 6. The molecule has 1 aromatic heterocycles. The maximum absolute atomic E-state index is 12.2. The van der Waals surface area contributed by atoms with E-state index in [0.29, 0.717) is 26.3 Å². The number of benzene rings is 1. The number of aromatic nitrogens is 1. The van der Waals surface area contributed by atoms with Gasteiger partial charge in [0.1, 0.15) is 30.3 Å². The highest BCUT2D eigenvalue weighted by atomic mass is 16.6. The standard InChI is InChI=1S/C21H26N2O5/c1-21(2,3)27-20(24)23-8-6-14(7-9-23)18-13-16(22-28-18)15-4-5-17-19(12-15)26-11-10-25-17/h4-5,12-14H,6-11H2,1-3H3. The number of piperidine rings is 1. The van der Waals surface area contributed by atoms with Crippen LogP contribution in [-0.4, -0.2) is 48.1 Å². The third kappa shape index (κ3) is 4.08. The fourth-order valence-electron chi connectivity index (χ4n) is 3.49. The van der Waals surface area contributed by atoms with Crippen LogP contribution in [0.1, 0.15) is 45.3 Å². The molecule has 2 aliphatic rings. The topological polar surface area (TPSA) is 74.0 Å². The van der Waals surface area contributed by atoms with Crippen LogP contribution in [0.15, 0.2) is 28.8 Å². The number of hydrogen-bond donors (Lipinski definition) is 0. The summed E-state index contributed by atoms with van der Waals surface area (Å²) in [4.78, 5) is 14.0. The Morgan fingerprint density at radius 2 is 1.82 bits per heavy atom. The average Bonchev–Trinajstić information content (AvgIpc) is 3.16. The highest BCUT2D eigenvalue weighted by Gasteiger charge is 2.29. The molecule has 0 atom stereocenters. The predicted octanol–water partition coefficient (Wildman–Crippen LogP) is 4.23. The third-order valence-electron chi connectivity index (χ3n) is 4.92. The predicted molar refractivity (Wildman–Crippen MR) is 103 cm³/mol. The Balaban J connectivity index is 1.40. The Kier molecular flexibility index (Phi) is 4.91. The first kappa shape index (κ1) is 18.7. The summed E-state index contributed by atoms with van der Waals surface area (Å²) in [7, 11) is 0. The number of amides is 1. The molecule has 2 aromatic rings. The molecule has 7 nitrogen and oxygen atoms in total. The highest BCUT2D eigenvalue weighted by molar-refractivity contribution is 5.68. The van der Waals surface area contributed by atoms with Gasteiger partial charge >= 0.3 is 6.09 Å². The SMILES string of the molecule is CC(C)(C)OC(=O)N1CCC(c2cc(-c3ccc4c(c3)OCCO4)no2)CC1. The molecule has 4 rings (SSSR count). The molecule has 1 saturated heterocycles. The van der Waals surface area contributed by atoms with E-state index < -0.39 is 5.60 Å². The van der Waals surface area contributed by atoms with Crippen LogP contribution in [-0.2, 0) is 4.74 Å². The number of likely N-dealkylation sites (tertiary alicyclic amines) is 1. The van der Waals surface area contributed by atoms with Crippen LogP contribution in [0.4, 0.5) is 4.79 Å². The van der Waals surface area contributed by atoms with Crippen molar-refractivity contribution in [2.75, 3.05) is 26.3 Å². The smallest absolute Gasteiger partial charge is 0.410 e. The van der Waals surface area contributed by atoms with E-state index in [0.717, 1.165) is 41.4 Å². The van der Waals surface area contributed by atoms with Crippen molar-refractivity contribution in [1.29, 1.82) is 0 Å². The minimum Gasteiger partial charge on any atom is -0.486 e. The maximum atomic E-state index is 12.2. The number of carbonyl (C=O) groups is 1. The number of ether oxygens (including phenoxy) is 3. The van der Waals surface area contributed by atoms with Gasteiger partial charge in [0, 0.05) is 30.6 Å². The molecule has 0 saturated carbocycles. The number of nitrogens with zero attached hydrogens (tertiary/aromatic N) is 2. The molecular weight excluding hydrogens is 360 g/mol. The fraction of sp³-hybridized carbons (Fsp3) is 0.524. The highest BCUT2D eigenvalue weighted by Crippen LogP contribution is 2.36. The summed E-state index contributed by atoms with van der Waals surface area (Å²) in [6.07, 6.45) is 1.41. The van der Waals surface area contributed by atoms with Crippen molar-refractivity contribution in [3.63, 3.8) is 0 Å². The van der Waals surface area contributed by atoms with Crippen molar-refractivity contribution in [3.8, 4) is 22.8 Å². The zero-order valence-corrected chi connectivity index (χ0v) is 16.6. The molecular formula is C21H26N2O5. The molecule has 0 bridgehead atoms. The van der Waals surface area contributed by atoms with E-state index in [9.17, 15) is 4.79 Å². The summed E-state index contributed by atoms with van der Waals surface area (Å²) in [6, 6.07) is 7.78. The lowest BCUT2D eigenvalue weighted by molar-refractivity contribution is 0.0199. The second kappa shape index (κ2) is 7.37. The molecule has 7 heteroatoms. The van der Waals surface area contributed by atoms with Crippen LogP contribution >= 0.6 is 0 Å². The van der Waals surface area contributed by atoms with E-state index in [1.807, 2.05) is 45.0 Å². The van der Waals surface area contributed by atoms with Crippen LogP contribution in [0.5, 0.6) is 11.5 Å². The van der Waals surface area contributed by atoms with Gasteiger partial charge in [0.05, 0.1) is 0 Å². The van der Waals surface area contributed by atoms with E-state index >= 15 is 0 Å². The summed E-state index contributed by atoms with van der Waals surface area (Å²) >= 11 is 0. The van der Waals surface area contributed by atoms with Crippen molar-refractivity contribution in [2.24, 2.45) is 0 Å². The zero-order valence-electron chi connectivity index (χ0n) is 16.6. The lowest BCUT2D eigenvalue weighted by Crippen LogP contribution is -2.41. The lowest BCUT2D eigenvalue weighted by Gasteiger charge is -2.32. The van der Waals surface area contributed by atoms with Crippen LogP contribution in [0, 0.1) is 0 Å². The Bertz CT molecular complexity index is 847. The third-order valence-corrected chi connectivity index (χ3v) is 4.92. The van der Waals surface area contributed by atoms with Crippen LogP contribution in [0.2, 0.25) is 0 Å². The normalized spacial score (nSPS) is 17.5. The van der Waals surface area contributed by atoms with Gasteiger partial charge in [0.2, 0.25) is 0 Å². The molecule has 1 fully saturated rings. The van der Waals surface area contributed by atoms with Gasteiger partial charge in [-0.05, 0) is 51.8 Å². The van der Waals surface area contributed by atoms with Crippen molar-refractivity contribution in [3.05, 3.63) is 30.0 Å². The zero-order chi connectivity index (χ0) is 19.7. The summed E-state index contributed by atoms with van der Waals surface area (Å²) in [5.41, 5.74) is 1.24. The van der Waals surface area contributed by atoms with E-state index in [2.05, 4.69) is 5.16 Å². The lowest BCUT2D eigenvalue weighted by atomic mass is 9.94. The van der Waals surface area contributed by atoms with Gasteiger partial charge in [-0.2, -0.15) is 0 Å². The maximum Gasteiger partial charge on any atom is 0.410 e. The van der Waals surface area contributed by atoms with E-state index in [-0.39, 0.29) is 12.0 Å². The summed E-state index contributed by atoms with van der Waals surface area (Å²) < 4.78 is 22.3. The molecule has 1 amide bonds. The largest absolute Gasteiger partial charge is 0.486 e. The molecule has 2 aliphatic heterocycles. The van der Waals surface area contributed by atoms with Gasteiger partial charge in [-0.25, -0.2) is 4.79 Å². The van der Waals surface area contributed by atoms with Gasteiger partial charge in [0.25, 0.3) is 0 Å². The van der Waals surface area contributed by atoms with E-state index in [1.165, 1.54) is 0 Å². The Morgan fingerprint density at radius 1 is 1.11 bits per heavy atom. The molecule has 3 heterocycles. The molecule has 0 N–H and O–H groups in total.